The number of hydrogen-bond acceptors (Lipinski definition) is 2. The molecule has 4 nitrogen and oxygen atoms in total. The third-order valence-corrected chi connectivity index (χ3v) is 5.88. The van der Waals surface area contributed by atoms with Crippen LogP contribution in [0.5, 0.6) is 11.5 Å². The lowest BCUT2D eigenvalue weighted by Crippen LogP contribution is -2.30. The highest BCUT2D eigenvalue weighted by atomic mass is 16.5. The number of hydrogen-bond donors (Lipinski definition) is 0. The number of benzene rings is 4. The molecule has 0 saturated heterocycles. The van der Waals surface area contributed by atoms with Gasteiger partial charge in [0.1, 0.15) is 22.9 Å². The Morgan fingerprint density at radius 3 is 1.66 bits per heavy atom. The highest BCUT2D eigenvalue weighted by Crippen LogP contribution is 2.33. The summed E-state index contributed by atoms with van der Waals surface area (Å²) in [5.41, 5.74) is 6.66. The van der Waals surface area contributed by atoms with E-state index in [-0.39, 0.29) is 0 Å². The van der Waals surface area contributed by atoms with Gasteiger partial charge in [-0.05, 0) is 62.4 Å². The lowest BCUT2D eigenvalue weighted by Gasteiger charge is -2.07. The smallest absolute Gasteiger partial charge is 0.255 e. The lowest BCUT2D eigenvalue weighted by molar-refractivity contribution is -0.583. The predicted octanol–water partition coefficient (Wildman–Crippen LogP) is 6.89. The van der Waals surface area contributed by atoms with Crippen molar-refractivity contribution < 1.29 is 14.0 Å². The van der Waals surface area contributed by atoms with Crippen molar-refractivity contribution in [3.63, 3.8) is 0 Å². The molecule has 1 aromatic heterocycles. The summed E-state index contributed by atoms with van der Waals surface area (Å²) in [4.78, 5) is 0. The molecule has 35 heavy (non-hydrogen) atoms. The number of nitrogens with zero attached hydrogens (tertiary/aromatic N) is 2. The minimum absolute atomic E-state index is 0.647. The van der Waals surface area contributed by atoms with E-state index in [4.69, 9.17) is 9.47 Å². The van der Waals surface area contributed by atoms with Crippen LogP contribution in [0.25, 0.3) is 33.9 Å². The molecular weight excluding hydrogens is 432 g/mol. The molecular formula is C31H29N2O2+. The minimum Gasteiger partial charge on any atom is -0.494 e. The van der Waals surface area contributed by atoms with Crippen molar-refractivity contribution >= 4 is 0 Å². The van der Waals surface area contributed by atoms with E-state index >= 15 is 0 Å². The van der Waals surface area contributed by atoms with Crippen LogP contribution < -0.4 is 14.0 Å². The maximum Gasteiger partial charge on any atom is 0.255 e. The Morgan fingerprint density at radius 2 is 1.11 bits per heavy atom. The van der Waals surface area contributed by atoms with Crippen molar-refractivity contribution in [3.05, 3.63) is 116 Å². The van der Waals surface area contributed by atoms with Crippen LogP contribution in [0.2, 0.25) is 0 Å². The maximum absolute atomic E-state index is 5.68. The molecule has 0 aliphatic rings. The van der Waals surface area contributed by atoms with Crippen LogP contribution in [0.4, 0.5) is 0 Å². The monoisotopic (exact) mass is 461 g/mol. The topological polar surface area (TPSA) is 27.3 Å². The Balaban J connectivity index is 1.76. The van der Waals surface area contributed by atoms with E-state index in [2.05, 4.69) is 100 Å². The fourth-order valence-corrected chi connectivity index (χ4v) is 4.33. The molecule has 0 spiro atoms. The zero-order chi connectivity index (χ0) is 24.0. The van der Waals surface area contributed by atoms with Gasteiger partial charge >= 0.3 is 0 Å². The molecule has 0 saturated carbocycles. The zero-order valence-electron chi connectivity index (χ0n) is 20.1. The zero-order valence-corrected chi connectivity index (χ0v) is 20.1. The maximum atomic E-state index is 5.68. The summed E-state index contributed by atoms with van der Waals surface area (Å²) in [5, 5.41) is 0. The van der Waals surface area contributed by atoms with E-state index in [1.54, 1.807) is 0 Å². The van der Waals surface area contributed by atoms with Crippen molar-refractivity contribution in [1.29, 1.82) is 0 Å². The second-order valence-electron chi connectivity index (χ2n) is 8.14. The van der Waals surface area contributed by atoms with Gasteiger partial charge in [-0.2, -0.15) is 9.13 Å². The van der Waals surface area contributed by atoms with Gasteiger partial charge in [-0.25, -0.2) is 0 Å². The Labute approximate surface area is 206 Å². The Hall–Kier alpha value is -4.31. The Morgan fingerprint density at radius 1 is 0.600 bits per heavy atom. The second-order valence-corrected chi connectivity index (χ2v) is 8.14. The summed E-state index contributed by atoms with van der Waals surface area (Å²) >= 11 is 0. The van der Waals surface area contributed by atoms with E-state index in [0.29, 0.717) is 13.2 Å². The molecule has 0 radical (unpaired) electrons. The molecule has 5 aromatic rings. The third kappa shape index (κ3) is 4.69. The van der Waals surface area contributed by atoms with Crippen molar-refractivity contribution in [2.75, 3.05) is 13.2 Å². The molecule has 0 fully saturated rings. The summed E-state index contributed by atoms with van der Waals surface area (Å²) in [6, 6.07) is 37.6. The van der Waals surface area contributed by atoms with Crippen molar-refractivity contribution in [2.24, 2.45) is 0 Å². The quantitative estimate of drug-likeness (QED) is 0.235. The third-order valence-electron chi connectivity index (χ3n) is 5.88. The summed E-state index contributed by atoms with van der Waals surface area (Å²) < 4.78 is 15.9. The number of imidazole rings is 1. The molecule has 5 rings (SSSR count). The molecule has 174 valence electrons. The highest BCUT2D eigenvalue weighted by Gasteiger charge is 2.28. The van der Waals surface area contributed by atoms with Gasteiger partial charge in [-0.3, -0.25) is 0 Å². The Kier molecular flexibility index (Phi) is 6.62. The molecule has 4 aromatic carbocycles. The van der Waals surface area contributed by atoms with E-state index < -0.39 is 0 Å². The van der Waals surface area contributed by atoms with Crippen LogP contribution >= 0.6 is 0 Å². The van der Waals surface area contributed by atoms with Gasteiger partial charge < -0.3 is 9.47 Å². The minimum atomic E-state index is 0.647. The number of ether oxygens (including phenoxy) is 2. The molecule has 1 heterocycles. The first-order valence-corrected chi connectivity index (χ1v) is 12.0. The van der Waals surface area contributed by atoms with Gasteiger partial charge in [0.05, 0.1) is 13.2 Å². The predicted molar refractivity (Wildman–Crippen MR) is 141 cm³/mol. The first kappa shape index (κ1) is 22.5. The van der Waals surface area contributed by atoms with Gasteiger partial charge in [-0.1, -0.05) is 60.7 Å². The SMILES string of the molecule is CCOc1ccc(-n2c[n+](-c3ccc(OCC)cc3)c(-c3ccccc3)c2-c2ccccc2)cc1. The van der Waals surface area contributed by atoms with Gasteiger partial charge in [-0.15, -0.1) is 0 Å². The average molecular weight is 462 g/mol. The summed E-state index contributed by atoms with van der Waals surface area (Å²) in [6.45, 7) is 5.29. The first-order valence-electron chi connectivity index (χ1n) is 12.0. The van der Waals surface area contributed by atoms with Gasteiger partial charge in [0.25, 0.3) is 6.33 Å². The van der Waals surface area contributed by atoms with Gasteiger partial charge in [0.15, 0.2) is 11.4 Å². The molecule has 4 heteroatoms. The van der Waals surface area contributed by atoms with E-state index in [0.717, 1.165) is 45.4 Å². The van der Waals surface area contributed by atoms with Crippen LogP contribution in [0.1, 0.15) is 13.8 Å². The lowest BCUT2D eigenvalue weighted by atomic mass is 10.0. The average Bonchev–Trinajstić information content (AvgIpc) is 3.32. The van der Waals surface area contributed by atoms with Crippen LogP contribution in [0.3, 0.4) is 0 Å². The summed E-state index contributed by atoms with van der Waals surface area (Å²) in [6.07, 6.45) is 2.16. The Bertz CT molecular complexity index is 1270. The van der Waals surface area contributed by atoms with Crippen LogP contribution in [-0.2, 0) is 0 Å². The molecule has 0 aliphatic heterocycles. The number of aromatic nitrogens is 2. The van der Waals surface area contributed by atoms with Crippen molar-refractivity contribution in [3.8, 4) is 45.4 Å². The standard InChI is InChI=1S/C31H29N2O2/c1-3-34-28-19-15-26(16-20-28)32-23-33(27-17-21-29(22-18-27)35-4-2)31(25-13-9-6-10-14-25)30(32)24-11-7-5-8-12-24/h5-23H,3-4H2,1-2H3/q+1. The molecule has 0 bridgehead atoms. The van der Waals surface area contributed by atoms with Crippen LogP contribution in [-0.4, -0.2) is 17.8 Å². The van der Waals surface area contributed by atoms with Gasteiger partial charge in [0, 0.05) is 11.1 Å². The van der Waals surface area contributed by atoms with E-state index in [1.165, 1.54) is 0 Å². The normalized spacial score (nSPS) is 10.8. The molecule has 0 unspecified atom stereocenters. The highest BCUT2D eigenvalue weighted by molar-refractivity contribution is 5.78. The van der Waals surface area contributed by atoms with E-state index in [9.17, 15) is 0 Å². The molecule has 0 N–H and O–H groups in total. The largest absolute Gasteiger partial charge is 0.494 e. The van der Waals surface area contributed by atoms with E-state index in [1.807, 2.05) is 38.1 Å². The van der Waals surface area contributed by atoms with Gasteiger partial charge in [0.2, 0.25) is 0 Å². The van der Waals surface area contributed by atoms with Crippen molar-refractivity contribution in [1.82, 2.24) is 4.57 Å². The fourth-order valence-electron chi connectivity index (χ4n) is 4.33. The van der Waals surface area contributed by atoms with Crippen LogP contribution in [0, 0.1) is 0 Å². The number of rotatable bonds is 8. The van der Waals surface area contributed by atoms with Crippen LogP contribution in [0.15, 0.2) is 116 Å². The molecule has 0 aliphatic carbocycles. The molecule has 0 amide bonds. The summed E-state index contributed by atoms with van der Waals surface area (Å²) in [5.74, 6) is 1.74. The second kappa shape index (κ2) is 10.3. The van der Waals surface area contributed by atoms with Crippen molar-refractivity contribution in [2.45, 2.75) is 13.8 Å². The molecule has 0 atom stereocenters. The fraction of sp³-hybridized carbons (Fsp3) is 0.129. The summed E-state index contributed by atoms with van der Waals surface area (Å²) in [7, 11) is 0. The first-order chi connectivity index (χ1) is 17.3.